The van der Waals surface area contributed by atoms with Crippen LogP contribution in [0, 0.1) is 0 Å². The molecule has 0 saturated carbocycles. The number of phenols is 1. The molecule has 1 aliphatic heterocycles. The van der Waals surface area contributed by atoms with E-state index in [2.05, 4.69) is 10.2 Å². The Hall–Kier alpha value is -0.970. The lowest BCUT2D eigenvalue weighted by atomic mass is 10.1. The van der Waals surface area contributed by atoms with E-state index in [0.717, 1.165) is 18.7 Å². The van der Waals surface area contributed by atoms with Crippen molar-refractivity contribution < 1.29 is 9.84 Å². The Morgan fingerprint density at radius 1 is 1.53 bits per heavy atom. The van der Waals surface area contributed by atoms with E-state index in [0.29, 0.717) is 23.4 Å². The third-order valence-corrected chi connectivity index (χ3v) is 3.87. The molecule has 2 N–H and O–H groups in total. The normalized spacial score (nSPS) is 19.8. The molecule has 0 aromatic heterocycles. The van der Waals surface area contributed by atoms with Crippen LogP contribution in [-0.2, 0) is 6.54 Å². The molecule has 0 amide bonds. The largest absolute Gasteiger partial charge is 0.504 e. The summed E-state index contributed by atoms with van der Waals surface area (Å²) in [6.07, 6.45) is 2.39. The highest BCUT2D eigenvalue weighted by atomic mass is 35.5. The summed E-state index contributed by atoms with van der Waals surface area (Å²) in [6.45, 7) is 2.73. The Morgan fingerprint density at radius 3 is 3.00 bits per heavy atom. The van der Waals surface area contributed by atoms with Gasteiger partial charge in [-0.15, -0.1) is 0 Å². The summed E-state index contributed by atoms with van der Waals surface area (Å²) in [7, 11) is 3.51. The first-order valence-electron chi connectivity index (χ1n) is 6.59. The second-order valence-corrected chi connectivity index (χ2v) is 5.38. The molecule has 0 spiro atoms. The number of rotatable bonds is 5. The van der Waals surface area contributed by atoms with Crippen LogP contribution >= 0.6 is 11.6 Å². The first kappa shape index (κ1) is 14.4. The minimum absolute atomic E-state index is 0.196. The molecular weight excluding hydrogens is 264 g/mol. The maximum atomic E-state index is 10.2. The molecule has 5 heteroatoms. The van der Waals surface area contributed by atoms with Crippen LogP contribution in [0.15, 0.2) is 12.1 Å². The van der Waals surface area contributed by atoms with E-state index in [1.807, 2.05) is 13.1 Å². The molecule has 1 saturated heterocycles. The molecule has 0 radical (unpaired) electrons. The number of hydrogen-bond donors (Lipinski definition) is 2. The van der Waals surface area contributed by atoms with Gasteiger partial charge in [-0.2, -0.15) is 0 Å². The highest BCUT2D eigenvalue weighted by molar-refractivity contribution is 6.30. The molecule has 1 aliphatic rings. The van der Waals surface area contributed by atoms with Crippen molar-refractivity contribution in [1.29, 1.82) is 0 Å². The molecule has 1 heterocycles. The number of nitrogens with one attached hydrogen (secondary N) is 1. The van der Waals surface area contributed by atoms with Gasteiger partial charge >= 0.3 is 0 Å². The zero-order valence-electron chi connectivity index (χ0n) is 11.4. The fourth-order valence-electron chi connectivity index (χ4n) is 2.69. The molecule has 0 aliphatic carbocycles. The number of ether oxygens (including phenoxy) is 1. The molecule has 1 aromatic carbocycles. The highest BCUT2D eigenvalue weighted by Crippen LogP contribution is 2.35. The van der Waals surface area contributed by atoms with Crippen LogP contribution in [-0.4, -0.2) is 43.3 Å². The van der Waals surface area contributed by atoms with Gasteiger partial charge in [0.05, 0.1) is 7.11 Å². The molecule has 19 heavy (non-hydrogen) atoms. The number of methoxy groups -OCH3 is 1. The van der Waals surface area contributed by atoms with Crippen molar-refractivity contribution in [2.24, 2.45) is 0 Å². The SMILES string of the molecule is CNCC1CCCN1Cc1cc(Cl)cc(OC)c1O. The number of aromatic hydroxyl groups is 1. The van der Waals surface area contributed by atoms with Crippen LogP contribution in [0.4, 0.5) is 0 Å². The van der Waals surface area contributed by atoms with Gasteiger partial charge in [0, 0.05) is 35.8 Å². The van der Waals surface area contributed by atoms with Crippen molar-refractivity contribution >= 4 is 11.6 Å². The quantitative estimate of drug-likeness (QED) is 0.870. The van der Waals surface area contributed by atoms with Crippen LogP contribution in [0.25, 0.3) is 0 Å². The fraction of sp³-hybridized carbons (Fsp3) is 0.571. The van der Waals surface area contributed by atoms with Crippen molar-refractivity contribution in [2.45, 2.75) is 25.4 Å². The Bertz CT molecular complexity index is 440. The predicted molar refractivity (Wildman–Crippen MR) is 77.0 cm³/mol. The summed E-state index contributed by atoms with van der Waals surface area (Å²) in [5.74, 6) is 0.633. The van der Waals surface area contributed by atoms with Crippen LogP contribution in [0.1, 0.15) is 18.4 Å². The number of likely N-dealkylation sites (N-methyl/N-ethyl adjacent to an activating group) is 1. The minimum atomic E-state index is 0.196. The van der Waals surface area contributed by atoms with Crippen molar-refractivity contribution in [3.8, 4) is 11.5 Å². The van der Waals surface area contributed by atoms with Crippen LogP contribution in [0.5, 0.6) is 11.5 Å². The summed E-state index contributed by atoms with van der Waals surface area (Å²) < 4.78 is 5.14. The molecule has 106 valence electrons. The monoisotopic (exact) mass is 284 g/mol. The number of halogens is 1. The van der Waals surface area contributed by atoms with E-state index in [4.69, 9.17) is 16.3 Å². The van der Waals surface area contributed by atoms with Crippen LogP contribution in [0.3, 0.4) is 0 Å². The van der Waals surface area contributed by atoms with Gasteiger partial charge < -0.3 is 15.2 Å². The second-order valence-electron chi connectivity index (χ2n) is 4.94. The Morgan fingerprint density at radius 2 is 2.32 bits per heavy atom. The zero-order chi connectivity index (χ0) is 13.8. The Labute approximate surface area is 119 Å². The Balaban J connectivity index is 2.16. The van der Waals surface area contributed by atoms with E-state index in [1.165, 1.54) is 20.0 Å². The summed E-state index contributed by atoms with van der Waals surface area (Å²) in [5.41, 5.74) is 0.826. The van der Waals surface area contributed by atoms with E-state index in [-0.39, 0.29) is 5.75 Å². The van der Waals surface area contributed by atoms with Crippen molar-refractivity contribution in [3.05, 3.63) is 22.7 Å². The Kier molecular flexibility index (Phi) is 4.91. The van der Waals surface area contributed by atoms with E-state index >= 15 is 0 Å². The van der Waals surface area contributed by atoms with Crippen molar-refractivity contribution in [3.63, 3.8) is 0 Å². The first-order chi connectivity index (χ1) is 9.15. The van der Waals surface area contributed by atoms with Gasteiger partial charge in [0.25, 0.3) is 0 Å². The van der Waals surface area contributed by atoms with E-state index in [9.17, 15) is 5.11 Å². The van der Waals surface area contributed by atoms with E-state index < -0.39 is 0 Å². The standard InChI is InChI=1S/C14H21ClN2O2/c1-16-8-12-4-3-5-17(12)9-10-6-11(15)7-13(19-2)14(10)18/h6-7,12,16,18H,3-5,8-9H2,1-2H3. The molecule has 1 fully saturated rings. The van der Waals surface area contributed by atoms with Gasteiger partial charge in [0.15, 0.2) is 11.5 Å². The lowest BCUT2D eigenvalue weighted by molar-refractivity contribution is 0.238. The topological polar surface area (TPSA) is 44.7 Å². The van der Waals surface area contributed by atoms with Gasteiger partial charge in [0.1, 0.15) is 0 Å². The summed E-state index contributed by atoms with van der Waals surface area (Å²) in [4.78, 5) is 2.38. The maximum Gasteiger partial charge on any atom is 0.162 e. The average molecular weight is 285 g/mol. The molecule has 1 unspecified atom stereocenters. The number of benzene rings is 1. The summed E-state index contributed by atoms with van der Waals surface area (Å²) in [6, 6.07) is 3.97. The molecule has 1 atom stereocenters. The van der Waals surface area contributed by atoms with Crippen molar-refractivity contribution in [1.82, 2.24) is 10.2 Å². The molecule has 2 rings (SSSR count). The third kappa shape index (κ3) is 3.32. The van der Waals surface area contributed by atoms with Gasteiger partial charge in [-0.3, -0.25) is 4.90 Å². The number of hydrogen-bond acceptors (Lipinski definition) is 4. The van der Waals surface area contributed by atoms with Gasteiger partial charge in [-0.1, -0.05) is 11.6 Å². The smallest absolute Gasteiger partial charge is 0.162 e. The minimum Gasteiger partial charge on any atom is -0.504 e. The first-order valence-corrected chi connectivity index (χ1v) is 6.97. The molecule has 1 aromatic rings. The van der Waals surface area contributed by atoms with Gasteiger partial charge in [-0.25, -0.2) is 0 Å². The lowest BCUT2D eigenvalue weighted by Crippen LogP contribution is -2.36. The number of phenolic OH excluding ortho intramolecular Hbond substituents is 1. The predicted octanol–water partition coefficient (Wildman–Crippen LogP) is 2.24. The van der Waals surface area contributed by atoms with Crippen molar-refractivity contribution in [2.75, 3.05) is 27.2 Å². The summed E-state index contributed by atoms with van der Waals surface area (Å²) >= 11 is 6.06. The summed E-state index contributed by atoms with van der Waals surface area (Å²) in [5, 5.41) is 14.0. The fourth-order valence-corrected chi connectivity index (χ4v) is 2.92. The molecule has 4 nitrogen and oxygen atoms in total. The van der Waals surface area contributed by atoms with Crippen LogP contribution in [0.2, 0.25) is 5.02 Å². The zero-order valence-corrected chi connectivity index (χ0v) is 12.2. The molecular formula is C14H21ClN2O2. The maximum absolute atomic E-state index is 10.2. The molecule has 0 bridgehead atoms. The number of likely N-dealkylation sites (tertiary alicyclic amines) is 1. The van der Waals surface area contributed by atoms with E-state index in [1.54, 1.807) is 6.07 Å². The van der Waals surface area contributed by atoms with Gasteiger partial charge in [0.2, 0.25) is 0 Å². The highest BCUT2D eigenvalue weighted by Gasteiger charge is 2.25. The lowest BCUT2D eigenvalue weighted by Gasteiger charge is -2.25. The van der Waals surface area contributed by atoms with Gasteiger partial charge in [-0.05, 0) is 32.5 Å². The third-order valence-electron chi connectivity index (χ3n) is 3.65. The van der Waals surface area contributed by atoms with Crippen LogP contribution < -0.4 is 10.1 Å². The number of nitrogens with zero attached hydrogens (tertiary/aromatic N) is 1. The second kappa shape index (κ2) is 6.46. The average Bonchev–Trinajstić information content (AvgIpc) is 2.81.